The minimum absolute atomic E-state index is 0.252. The normalized spacial score (nSPS) is 34.9. The van der Waals surface area contributed by atoms with E-state index in [1.807, 2.05) is 6.92 Å². The van der Waals surface area contributed by atoms with Gasteiger partial charge in [-0.25, -0.2) is 0 Å². The number of carbonyl (C=O) groups excluding carboxylic acids is 1. The predicted molar refractivity (Wildman–Crippen MR) is 67.8 cm³/mol. The molecule has 0 spiro atoms. The van der Waals surface area contributed by atoms with Gasteiger partial charge in [-0.2, -0.15) is 0 Å². The van der Waals surface area contributed by atoms with Crippen molar-refractivity contribution in [3.8, 4) is 0 Å². The fourth-order valence-corrected chi connectivity index (χ4v) is 3.03. The molecule has 1 aliphatic carbocycles. The molecule has 1 N–H and O–H groups in total. The van der Waals surface area contributed by atoms with Crippen molar-refractivity contribution in [1.82, 2.24) is 4.90 Å². The van der Waals surface area contributed by atoms with Gasteiger partial charge >= 0.3 is 0 Å². The first-order valence-electron chi connectivity index (χ1n) is 6.94. The Bertz CT molecular complexity index is 278. The van der Waals surface area contributed by atoms with Gasteiger partial charge in [0.15, 0.2) is 0 Å². The molecule has 1 saturated heterocycles. The highest BCUT2D eigenvalue weighted by Gasteiger charge is 2.32. The summed E-state index contributed by atoms with van der Waals surface area (Å²) in [6.45, 7) is 6.95. The van der Waals surface area contributed by atoms with Gasteiger partial charge in [0.2, 0.25) is 0 Å². The van der Waals surface area contributed by atoms with Crippen molar-refractivity contribution in [3.63, 3.8) is 0 Å². The smallest absolute Gasteiger partial charge is 0.137 e. The molecule has 2 rings (SSSR count). The molecule has 1 saturated carbocycles. The molecule has 3 heteroatoms. The Hall–Kier alpha value is -0.410. The van der Waals surface area contributed by atoms with E-state index >= 15 is 0 Å². The van der Waals surface area contributed by atoms with Crippen LogP contribution in [-0.2, 0) is 4.79 Å². The standard InChI is InChI=1S/C14H25NO2/c1-11-3-4-13(16)12(9-11)10-15-7-5-14(2,17)6-8-15/h11-12,17H,3-10H2,1-2H3. The number of nitrogens with zero attached hydrogens (tertiary/aromatic N) is 1. The second kappa shape index (κ2) is 5.07. The van der Waals surface area contributed by atoms with Crippen molar-refractivity contribution >= 4 is 5.78 Å². The van der Waals surface area contributed by atoms with E-state index in [2.05, 4.69) is 11.8 Å². The Morgan fingerprint density at radius 2 is 2.06 bits per heavy atom. The van der Waals surface area contributed by atoms with Crippen LogP contribution >= 0.6 is 0 Å². The molecule has 0 radical (unpaired) electrons. The fourth-order valence-electron chi connectivity index (χ4n) is 3.03. The molecule has 0 amide bonds. The van der Waals surface area contributed by atoms with Gasteiger partial charge in [0.05, 0.1) is 5.60 Å². The van der Waals surface area contributed by atoms with E-state index in [9.17, 15) is 9.90 Å². The van der Waals surface area contributed by atoms with Gasteiger partial charge in [0.1, 0.15) is 5.78 Å². The third-order valence-electron chi connectivity index (χ3n) is 4.44. The molecule has 1 heterocycles. The zero-order chi connectivity index (χ0) is 12.5. The maximum Gasteiger partial charge on any atom is 0.137 e. The number of ketones is 1. The third-order valence-corrected chi connectivity index (χ3v) is 4.44. The van der Waals surface area contributed by atoms with Crippen LogP contribution in [0.3, 0.4) is 0 Å². The Morgan fingerprint density at radius 3 is 2.71 bits per heavy atom. The topological polar surface area (TPSA) is 40.5 Å². The van der Waals surface area contributed by atoms with E-state index < -0.39 is 5.60 Å². The lowest BCUT2D eigenvalue weighted by molar-refractivity contribution is -0.126. The highest BCUT2D eigenvalue weighted by molar-refractivity contribution is 5.81. The Labute approximate surface area is 104 Å². The number of hydrogen-bond acceptors (Lipinski definition) is 3. The predicted octanol–water partition coefficient (Wildman–Crippen LogP) is 1.84. The molecule has 1 aliphatic heterocycles. The van der Waals surface area contributed by atoms with Crippen molar-refractivity contribution in [2.45, 2.75) is 51.6 Å². The molecule has 2 fully saturated rings. The summed E-state index contributed by atoms with van der Waals surface area (Å²) in [5.74, 6) is 1.41. The third kappa shape index (κ3) is 3.52. The van der Waals surface area contributed by atoms with Gasteiger partial charge in [-0.1, -0.05) is 6.92 Å². The second-order valence-corrected chi connectivity index (χ2v) is 6.34. The summed E-state index contributed by atoms with van der Waals surface area (Å²) in [6.07, 6.45) is 4.58. The fraction of sp³-hybridized carbons (Fsp3) is 0.929. The second-order valence-electron chi connectivity index (χ2n) is 6.34. The minimum Gasteiger partial charge on any atom is -0.390 e. The highest BCUT2D eigenvalue weighted by atomic mass is 16.3. The number of likely N-dealkylation sites (tertiary alicyclic amines) is 1. The molecule has 2 unspecified atom stereocenters. The van der Waals surface area contributed by atoms with Crippen LogP contribution in [0, 0.1) is 11.8 Å². The van der Waals surface area contributed by atoms with Crippen molar-refractivity contribution < 1.29 is 9.90 Å². The SMILES string of the molecule is CC1CCC(=O)C(CN2CCC(C)(O)CC2)C1. The van der Waals surface area contributed by atoms with E-state index in [-0.39, 0.29) is 5.92 Å². The van der Waals surface area contributed by atoms with E-state index in [4.69, 9.17) is 0 Å². The van der Waals surface area contributed by atoms with Crippen LogP contribution in [-0.4, -0.2) is 41.0 Å². The molecule has 0 bridgehead atoms. The molecule has 0 aromatic heterocycles. The van der Waals surface area contributed by atoms with Crippen LogP contribution in [0.2, 0.25) is 0 Å². The average Bonchev–Trinajstić information content (AvgIpc) is 2.26. The number of carbonyl (C=O) groups is 1. The molecule has 3 nitrogen and oxygen atoms in total. The first-order valence-corrected chi connectivity index (χ1v) is 6.94. The maximum atomic E-state index is 11.9. The van der Waals surface area contributed by atoms with Crippen LogP contribution in [0.5, 0.6) is 0 Å². The molecule has 0 aromatic carbocycles. The largest absolute Gasteiger partial charge is 0.390 e. The Balaban J connectivity index is 1.83. The summed E-state index contributed by atoms with van der Waals surface area (Å²) < 4.78 is 0. The van der Waals surface area contributed by atoms with Gasteiger partial charge in [0, 0.05) is 32.0 Å². The van der Waals surface area contributed by atoms with Crippen LogP contribution in [0.1, 0.15) is 46.0 Å². The number of aliphatic hydroxyl groups is 1. The molecule has 17 heavy (non-hydrogen) atoms. The highest BCUT2D eigenvalue weighted by Crippen LogP contribution is 2.28. The number of hydrogen-bond donors (Lipinski definition) is 1. The molecular weight excluding hydrogens is 214 g/mol. The quantitative estimate of drug-likeness (QED) is 0.799. The van der Waals surface area contributed by atoms with E-state index in [1.54, 1.807) is 0 Å². The number of piperidine rings is 1. The van der Waals surface area contributed by atoms with Gasteiger partial charge < -0.3 is 10.0 Å². The summed E-state index contributed by atoms with van der Waals surface area (Å²) in [7, 11) is 0. The maximum absolute atomic E-state index is 11.9. The van der Waals surface area contributed by atoms with Crippen LogP contribution < -0.4 is 0 Å². The van der Waals surface area contributed by atoms with Crippen molar-refractivity contribution in [2.75, 3.05) is 19.6 Å². The average molecular weight is 239 g/mol. The zero-order valence-corrected chi connectivity index (χ0v) is 11.1. The summed E-state index contributed by atoms with van der Waals surface area (Å²) in [5.41, 5.74) is -0.486. The van der Waals surface area contributed by atoms with E-state index in [1.165, 1.54) is 0 Å². The number of Topliss-reactive ketones (excluding diaryl/α,β-unsaturated/α-hetero) is 1. The first-order chi connectivity index (χ1) is 7.96. The Morgan fingerprint density at radius 1 is 1.41 bits per heavy atom. The summed E-state index contributed by atoms with van der Waals surface area (Å²) in [4.78, 5) is 14.2. The summed E-state index contributed by atoms with van der Waals surface area (Å²) >= 11 is 0. The van der Waals surface area contributed by atoms with Crippen molar-refractivity contribution in [2.24, 2.45) is 11.8 Å². The molecule has 98 valence electrons. The van der Waals surface area contributed by atoms with Crippen LogP contribution in [0.15, 0.2) is 0 Å². The van der Waals surface area contributed by atoms with Gasteiger partial charge in [-0.15, -0.1) is 0 Å². The van der Waals surface area contributed by atoms with Gasteiger partial charge in [-0.3, -0.25) is 4.79 Å². The molecule has 0 aromatic rings. The van der Waals surface area contributed by atoms with Crippen molar-refractivity contribution in [1.29, 1.82) is 0 Å². The summed E-state index contributed by atoms with van der Waals surface area (Å²) in [6, 6.07) is 0. The zero-order valence-electron chi connectivity index (χ0n) is 11.1. The van der Waals surface area contributed by atoms with Crippen LogP contribution in [0.4, 0.5) is 0 Å². The lowest BCUT2D eigenvalue weighted by atomic mass is 9.81. The first kappa shape index (κ1) is 13.0. The minimum atomic E-state index is -0.486. The van der Waals surface area contributed by atoms with E-state index in [0.717, 1.165) is 51.7 Å². The molecule has 2 aliphatic rings. The molecule has 2 atom stereocenters. The van der Waals surface area contributed by atoms with E-state index in [0.29, 0.717) is 11.7 Å². The molecular formula is C14H25NO2. The number of rotatable bonds is 2. The Kier molecular flexibility index (Phi) is 3.88. The van der Waals surface area contributed by atoms with Crippen molar-refractivity contribution in [3.05, 3.63) is 0 Å². The lowest BCUT2D eigenvalue weighted by Gasteiger charge is -2.38. The van der Waals surface area contributed by atoms with Crippen LogP contribution in [0.25, 0.3) is 0 Å². The van der Waals surface area contributed by atoms with Gasteiger partial charge in [0.25, 0.3) is 0 Å². The lowest BCUT2D eigenvalue weighted by Crippen LogP contribution is -2.45. The monoisotopic (exact) mass is 239 g/mol. The summed E-state index contributed by atoms with van der Waals surface area (Å²) in [5, 5.41) is 9.90. The van der Waals surface area contributed by atoms with Gasteiger partial charge in [-0.05, 0) is 38.5 Å².